The smallest absolute Gasteiger partial charge is 0.269 e. The molecular weight excluding hydrogens is 276 g/mol. The van der Waals surface area contributed by atoms with Crippen LogP contribution in [0.25, 0.3) is 0 Å². The number of pyridine rings is 1. The van der Waals surface area contributed by atoms with Crippen LogP contribution in [0.2, 0.25) is 0 Å². The van der Waals surface area contributed by atoms with Crippen molar-refractivity contribution in [3.63, 3.8) is 0 Å². The van der Waals surface area contributed by atoms with E-state index in [4.69, 9.17) is 0 Å². The second-order valence-corrected chi connectivity index (χ2v) is 5.78. The summed E-state index contributed by atoms with van der Waals surface area (Å²) in [6, 6.07) is 3.91. The first-order valence-corrected chi connectivity index (χ1v) is 8.46. The average Bonchev–Trinajstić information content (AvgIpc) is 2.59. The van der Waals surface area contributed by atoms with Gasteiger partial charge in [0, 0.05) is 44.6 Å². The third-order valence-corrected chi connectivity index (χ3v) is 4.23. The van der Waals surface area contributed by atoms with Gasteiger partial charge in [0.1, 0.15) is 5.69 Å². The van der Waals surface area contributed by atoms with Crippen molar-refractivity contribution in [1.29, 1.82) is 0 Å². The number of rotatable bonds is 7. The lowest BCUT2D eigenvalue weighted by Crippen LogP contribution is -2.46. The van der Waals surface area contributed by atoms with Gasteiger partial charge in [-0.05, 0) is 25.1 Å². The van der Waals surface area contributed by atoms with Crippen LogP contribution >= 0.6 is 0 Å². The standard InChI is InChI=1S/C17H28N4O/c1-3-5-6-8-19-17(22)16-14-15(7-9-18-16)21-12-10-20(4-2)11-13-21/h7,9,14H,3-6,8,10-13H2,1-2H3,(H,19,22). The molecule has 1 aliphatic rings. The van der Waals surface area contributed by atoms with Crippen molar-refractivity contribution in [1.82, 2.24) is 15.2 Å². The van der Waals surface area contributed by atoms with Crippen molar-refractivity contribution in [2.75, 3.05) is 44.2 Å². The van der Waals surface area contributed by atoms with Crippen LogP contribution in [0.5, 0.6) is 0 Å². The maximum Gasteiger partial charge on any atom is 0.269 e. The van der Waals surface area contributed by atoms with Crippen molar-refractivity contribution in [2.45, 2.75) is 33.1 Å². The fourth-order valence-electron chi connectivity index (χ4n) is 2.73. The first kappa shape index (κ1) is 16.7. The molecule has 1 amide bonds. The van der Waals surface area contributed by atoms with E-state index >= 15 is 0 Å². The van der Waals surface area contributed by atoms with Gasteiger partial charge in [-0.1, -0.05) is 26.7 Å². The summed E-state index contributed by atoms with van der Waals surface area (Å²) in [5.41, 5.74) is 1.62. The Labute approximate surface area is 133 Å². The topological polar surface area (TPSA) is 48.5 Å². The van der Waals surface area contributed by atoms with Crippen molar-refractivity contribution in [3.05, 3.63) is 24.0 Å². The van der Waals surface area contributed by atoms with E-state index in [0.29, 0.717) is 5.69 Å². The number of unbranched alkanes of at least 4 members (excludes halogenated alkanes) is 2. The molecule has 1 fully saturated rings. The summed E-state index contributed by atoms with van der Waals surface area (Å²) in [5, 5.41) is 2.95. The molecule has 122 valence electrons. The number of nitrogens with zero attached hydrogens (tertiary/aromatic N) is 3. The summed E-state index contributed by atoms with van der Waals surface area (Å²) in [6.45, 7) is 10.4. The quantitative estimate of drug-likeness (QED) is 0.784. The molecular formula is C17H28N4O. The van der Waals surface area contributed by atoms with E-state index in [-0.39, 0.29) is 5.91 Å². The zero-order chi connectivity index (χ0) is 15.8. The van der Waals surface area contributed by atoms with Crippen molar-refractivity contribution < 1.29 is 4.79 Å². The summed E-state index contributed by atoms with van der Waals surface area (Å²) < 4.78 is 0. The molecule has 2 rings (SSSR count). The maximum atomic E-state index is 12.1. The number of hydrogen-bond acceptors (Lipinski definition) is 4. The molecule has 0 bridgehead atoms. The molecule has 1 saturated heterocycles. The van der Waals surface area contributed by atoms with Gasteiger partial charge in [0.15, 0.2) is 0 Å². The van der Waals surface area contributed by atoms with Crippen molar-refractivity contribution in [2.24, 2.45) is 0 Å². The highest BCUT2D eigenvalue weighted by Gasteiger charge is 2.17. The molecule has 22 heavy (non-hydrogen) atoms. The molecule has 1 N–H and O–H groups in total. The lowest BCUT2D eigenvalue weighted by atomic mass is 10.2. The van der Waals surface area contributed by atoms with Gasteiger partial charge < -0.3 is 15.1 Å². The number of anilines is 1. The normalized spacial score (nSPS) is 15.8. The molecule has 0 radical (unpaired) electrons. The molecule has 0 aliphatic carbocycles. The van der Waals surface area contributed by atoms with Gasteiger partial charge in [0.25, 0.3) is 5.91 Å². The van der Waals surface area contributed by atoms with Crippen LogP contribution in [0.1, 0.15) is 43.6 Å². The highest BCUT2D eigenvalue weighted by molar-refractivity contribution is 5.93. The van der Waals surface area contributed by atoms with E-state index in [1.54, 1.807) is 6.20 Å². The highest BCUT2D eigenvalue weighted by atomic mass is 16.1. The Hall–Kier alpha value is -1.62. The Morgan fingerprint density at radius 2 is 2.00 bits per heavy atom. The lowest BCUT2D eigenvalue weighted by Gasteiger charge is -2.35. The molecule has 0 unspecified atom stereocenters. The van der Waals surface area contributed by atoms with Gasteiger partial charge in [-0.3, -0.25) is 9.78 Å². The van der Waals surface area contributed by atoms with Crippen LogP contribution in [0.15, 0.2) is 18.3 Å². The second kappa shape index (κ2) is 8.73. The Morgan fingerprint density at radius 3 is 2.68 bits per heavy atom. The van der Waals surface area contributed by atoms with Crippen LogP contribution in [0, 0.1) is 0 Å². The second-order valence-electron chi connectivity index (χ2n) is 5.78. The third-order valence-electron chi connectivity index (χ3n) is 4.23. The minimum absolute atomic E-state index is 0.0647. The highest BCUT2D eigenvalue weighted by Crippen LogP contribution is 2.16. The maximum absolute atomic E-state index is 12.1. The van der Waals surface area contributed by atoms with Crippen LogP contribution in [-0.4, -0.2) is 55.1 Å². The summed E-state index contributed by atoms with van der Waals surface area (Å²) in [6.07, 6.45) is 5.08. The number of carbonyl (C=O) groups excluding carboxylic acids is 1. The average molecular weight is 304 g/mol. The fourth-order valence-corrected chi connectivity index (χ4v) is 2.73. The molecule has 1 aromatic rings. The third kappa shape index (κ3) is 4.70. The first-order valence-electron chi connectivity index (χ1n) is 8.46. The Balaban J connectivity index is 1.91. The largest absolute Gasteiger partial charge is 0.369 e. The fraction of sp³-hybridized carbons (Fsp3) is 0.647. The van der Waals surface area contributed by atoms with E-state index in [1.165, 1.54) is 0 Å². The minimum atomic E-state index is -0.0647. The summed E-state index contributed by atoms with van der Waals surface area (Å²) in [4.78, 5) is 21.1. The monoisotopic (exact) mass is 304 g/mol. The molecule has 0 aromatic carbocycles. The van der Waals surface area contributed by atoms with Crippen LogP contribution < -0.4 is 10.2 Å². The van der Waals surface area contributed by atoms with Crippen LogP contribution in [-0.2, 0) is 0 Å². The number of carbonyl (C=O) groups is 1. The molecule has 0 saturated carbocycles. The molecule has 5 heteroatoms. The molecule has 5 nitrogen and oxygen atoms in total. The Morgan fingerprint density at radius 1 is 1.23 bits per heavy atom. The van der Waals surface area contributed by atoms with Crippen LogP contribution in [0.3, 0.4) is 0 Å². The Bertz CT molecular complexity index is 469. The minimum Gasteiger partial charge on any atom is -0.369 e. The molecule has 1 aromatic heterocycles. The number of amides is 1. The van der Waals surface area contributed by atoms with Gasteiger partial charge in [-0.15, -0.1) is 0 Å². The molecule has 1 aliphatic heterocycles. The number of likely N-dealkylation sites (N-methyl/N-ethyl adjacent to an activating group) is 1. The predicted octanol–water partition coefficient (Wildman–Crippen LogP) is 2.14. The lowest BCUT2D eigenvalue weighted by molar-refractivity contribution is 0.0948. The van der Waals surface area contributed by atoms with Crippen LogP contribution in [0.4, 0.5) is 5.69 Å². The first-order chi connectivity index (χ1) is 10.7. The van der Waals surface area contributed by atoms with Crippen molar-refractivity contribution in [3.8, 4) is 0 Å². The number of hydrogen-bond donors (Lipinski definition) is 1. The number of nitrogens with one attached hydrogen (secondary N) is 1. The van der Waals surface area contributed by atoms with Gasteiger partial charge in [0.2, 0.25) is 0 Å². The SMILES string of the molecule is CCCCCNC(=O)c1cc(N2CCN(CC)CC2)ccn1. The van der Waals surface area contributed by atoms with E-state index in [0.717, 1.165) is 64.2 Å². The van der Waals surface area contributed by atoms with Gasteiger partial charge in [-0.2, -0.15) is 0 Å². The number of piperazine rings is 1. The summed E-state index contributed by atoms with van der Waals surface area (Å²) >= 11 is 0. The predicted molar refractivity (Wildman–Crippen MR) is 90.4 cm³/mol. The van der Waals surface area contributed by atoms with E-state index in [1.807, 2.05) is 12.1 Å². The zero-order valence-corrected chi connectivity index (χ0v) is 13.8. The van der Waals surface area contributed by atoms with Crippen molar-refractivity contribution >= 4 is 11.6 Å². The molecule has 0 spiro atoms. The molecule has 2 heterocycles. The van der Waals surface area contributed by atoms with Gasteiger partial charge in [0.05, 0.1) is 0 Å². The van der Waals surface area contributed by atoms with E-state index in [2.05, 4.69) is 33.9 Å². The van der Waals surface area contributed by atoms with Gasteiger partial charge >= 0.3 is 0 Å². The van der Waals surface area contributed by atoms with E-state index < -0.39 is 0 Å². The summed E-state index contributed by atoms with van der Waals surface area (Å²) in [5.74, 6) is -0.0647. The Kier molecular flexibility index (Phi) is 6.65. The van der Waals surface area contributed by atoms with Gasteiger partial charge in [-0.25, -0.2) is 0 Å². The van der Waals surface area contributed by atoms with E-state index in [9.17, 15) is 4.79 Å². The summed E-state index contributed by atoms with van der Waals surface area (Å²) in [7, 11) is 0. The molecule has 0 atom stereocenters. The zero-order valence-electron chi connectivity index (χ0n) is 13.8. The number of aromatic nitrogens is 1.